The van der Waals surface area contributed by atoms with Gasteiger partial charge in [-0.05, 0) is 90.4 Å². The van der Waals surface area contributed by atoms with Crippen molar-refractivity contribution in [2.45, 2.75) is 34.1 Å². The summed E-state index contributed by atoms with van der Waals surface area (Å²) in [4.78, 5) is 56.4. The van der Waals surface area contributed by atoms with Gasteiger partial charge in [-0.3, -0.25) is 28.6 Å². The van der Waals surface area contributed by atoms with Crippen molar-refractivity contribution < 1.29 is 31.9 Å². The van der Waals surface area contributed by atoms with Crippen molar-refractivity contribution in [2.75, 3.05) is 17.3 Å². The smallest absolute Gasteiger partial charge is 0.308 e. The molecule has 3 amide bonds. The Balaban J connectivity index is 1.15. The third-order valence-electron chi connectivity index (χ3n) is 10.3. The number of ether oxygens (including phenoxy) is 1. The van der Waals surface area contributed by atoms with Gasteiger partial charge in [-0.1, -0.05) is 23.5 Å². The molecule has 2 bridgehead atoms. The van der Waals surface area contributed by atoms with Crippen molar-refractivity contribution >= 4 is 62.2 Å². The first-order chi connectivity index (χ1) is 23.4. The maximum Gasteiger partial charge on any atom is 0.308 e. The first-order valence-electron chi connectivity index (χ1n) is 15.5. The number of sulfonamides is 1. The van der Waals surface area contributed by atoms with Crippen LogP contribution in [0.2, 0.25) is 0 Å². The number of nitrogens with two attached hydrogens (primary N) is 1. The Morgan fingerprint density at radius 2 is 1.61 bits per heavy atom. The molecule has 2 saturated carbocycles. The summed E-state index contributed by atoms with van der Waals surface area (Å²) in [5.41, 5.74) is 1.64. The molecule has 11 nitrogen and oxygen atoms in total. The van der Waals surface area contributed by atoms with Gasteiger partial charge >= 0.3 is 4.87 Å². The number of hydrogen-bond donors (Lipinski definition) is 2. The summed E-state index contributed by atoms with van der Waals surface area (Å²) in [5, 5.41) is 8.45. The second-order valence-electron chi connectivity index (χ2n) is 12.8. The molecule has 2 aliphatic carbocycles. The molecule has 0 spiro atoms. The van der Waals surface area contributed by atoms with Crippen LogP contribution in [0, 0.1) is 35.4 Å². The molecule has 3 heterocycles. The number of benzene rings is 3. The van der Waals surface area contributed by atoms with Crippen LogP contribution < -0.4 is 25.0 Å². The summed E-state index contributed by atoms with van der Waals surface area (Å²) in [6, 6.07) is 18.4. The fraction of sp³-hybridized carbons (Fsp3) is 0.294. The number of carbonyl (C=O) groups excluding carboxylic acids is 3. The van der Waals surface area contributed by atoms with Gasteiger partial charge in [0.1, 0.15) is 18.1 Å². The Hall–Kier alpha value is -4.31. The topological polar surface area (TPSA) is 158 Å². The lowest BCUT2D eigenvalue weighted by atomic mass is 9.68. The number of nitrogens with zero attached hydrogens (tertiary/aromatic N) is 2. The van der Waals surface area contributed by atoms with Crippen molar-refractivity contribution in [3.05, 3.63) is 98.7 Å². The predicted octanol–water partition coefficient (Wildman–Crippen LogP) is 4.02. The molecule has 4 aliphatic rings. The predicted molar refractivity (Wildman–Crippen MR) is 180 cm³/mol. The summed E-state index contributed by atoms with van der Waals surface area (Å²) in [6.45, 7) is -0.281. The number of thiazole rings is 1. The van der Waals surface area contributed by atoms with Crippen LogP contribution in [0.5, 0.6) is 5.75 Å². The summed E-state index contributed by atoms with van der Waals surface area (Å²) in [7, 11) is -2.32. The highest BCUT2D eigenvalue weighted by Crippen LogP contribution is 2.69. The maximum atomic E-state index is 14.0. The van der Waals surface area contributed by atoms with Crippen LogP contribution in [0.25, 0.3) is 0 Å². The zero-order valence-corrected chi connectivity index (χ0v) is 28.3. The van der Waals surface area contributed by atoms with E-state index in [0.29, 0.717) is 28.6 Å². The molecule has 1 aromatic heterocycles. The number of imide groups is 1. The number of methoxy groups -OCH3 is 1. The number of fused-ring (bicyclic) bond motifs is 9. The van der Waals surface area contributed by atoms with E-state index in [1.807, 2.05) is 24.3 Å². The van der Waals surface area contributed by atoms with E-state index in [-0.39, 0.29) is 57.0 Å². The number of halogens is 1. The lowest BCUT2D eigenvalue weighted by molar-refractivity contribution is -0.123. The molecule has 1 saturated heterocycles. The highest BCUT2D eigenvalue weighted by Gasteiger charge is 2.69. The Kier molecular flexibility index (Phi) is 7.59. The third-order valence-corrected chi connectivity index (χ3v) is 14.0. The number of aromatic nitrogens is 1. The molecule has 4 aromatic rings. The van der Waals surface area contributed by atoms with Crippen LogP contribution >= 0.6 is 23.1 Å². The minimum atomic E-state index is -3.90. The zero-order chi connectivity index (χ0) is 34.4. The van der Waals surface area contributed by atoms with Crippen LogP contribution in [0.4, 0.5) is 15.8 Å². The standard InChI is InChI=1S/C34H29FN4O7S3/c1-46-20-10-2-16(3-11-20)25-26-22-14-23(28-27(22)31(41)39(32(28)42)19-8-4-17(35)5-9-19)29(26)47-33-30(25)48-34(43)38(33)15-24(40)37-18-6-12-21(13-7-18)49(36,44)45/h2-13,22-23,25-29H,14-15H2,1H3,(H,37,40)(H2,36,44,45). The Morgan fingerprint density at radius 3 is 2.24 bits per heavy atom. The van der Waals surface area contributed by atoms with Crippen LogP contribution in [0.15, 0.2) is 87.5 Å². The Morgan fingerprint density at radius 1 is 0.959 bits per heavy atom. The van der Waals surface area contributed by atoms with Crippen molar-refractivity contribution in [1.29, 1.82) is 0 Å². The van der Waals surface area contributed by atoms with Gasteiger partial charge in [-0.2, -0.15) is 0 Å². The quantitative estimate of drug-likeness (QED) is 0.271. The number of nitrogens with one attached hydrogen (secondary N) is 1. The largest absolute Gasteiger partial charge is 0.497 e. The first-order valence-corrected chi connectivity index (χ1v) is 18.8. The molecule has 3 N–H and O–H groups in total. The van der Waals surface area contributed by atoms with Gasteiger partial charge in [0.15, 0.2) is 0 Å². The summed E-state index contributed by atoms with van der Waals surface area (Å²) < 4.78 is 43.8. The van der Waals surface area contributed by atoms with E-state index < -0.39 is 33.6 Å². The molecular formula is C34H29FN4O7S3. The number of anilines is 2. The molecule has 3 fully saturated rings. The highest BCUT2D eigenvalue weighted by molar-refractivity contribution is 8.00. The van der Waals surface area contributed by atoms with Gasteiger partial charge in [0.2, 0.25) is 27.7 Å². The van der Waals surface area contributed by atoms with Gasteiger partial charge in [0.05, 0.1) is 34.6 Å². The average Bonchev–Trinajstić information content (AvgIpc) is 3.80. The molecule has 0 radical (unpaired) electrons. The van der Waals surface area contributed by atoms with E-state index in [4.69, 9.17) is 9.88 Å². The summed E-state index contributed by atoms with van der Waals surface area (Å²) >= 11 is 2.59. The van der Waals surface area contributed by atoms with E-state index in [1.54, 1.807) is 7.11 Å². The second-order valence-corrected chi connectivity index (χ2v) is 16.5. The molecule has 8 rings (SSSR count). The fourth-order valence-electron chi connectivity index (χ4n) is 8.36. The molecular weight excluding hydrogens is 692 g/mol. The molecule has 49 heavy (non-hydrogen) atoms. The van der Waals surface area contributed by atoms with Gasteiger partial charge in [0.25, 0.3) is 0 Å². The maximum absolute atomic E-state index is 14.0. The highest BCUT2D eigenvalue weighted by atomic mass is 32.2. The molecule has 2 aliphatic heterocycles. The van der Waals surface area contributed by atoms with E-state index in [0.717, 1.165) is 21.8 Å². The van der Waals surface area contributed by atoms with Crippen LogP contribution in [-0.2, 0) is 31.0 Å². The number of thioether (sulfide) groups is 1. The van der Waals surface area contributed by atoms with Crippen LogP contribution in [-0.4, -0.2) is 43.1 Å². The second kappa shape index (κ2) is 11.6. The number of primary sulfonamides is 1. The number of rotatable bonds is 7. The van der Waals surface area contributed by atoms with Crippen LogP contribution in [0.3, 0.4) is 0 Å². The van der Waals surface area contributed by atoms with E-state index in [2.05, 4.69) is 5.32 Å². The zero-order valence-electron chi connectivity index (χ0n) is 25.8. The lowest BCUT2D eigenvalue weighted by Crippen LogP contribution is -2.43. The van der Waals surface area contributed by atoms with Crippen LogP contribution in [0.1, 0.15) is 22.8 Å². The Bertz CT molecular complexity index is 2190. The molecule has 3 aromatic carbocycles. The third kappa shape index (κ3) is 5.13. The van der Waals surface area contributed by atoms with E-state index >= 15 is 0 Å². The van der Waals surface area contributed by atoms with E-state index in [9.17, 15) is 32.0 Å². The first kappa shape index (κ1) is 31.9. The average molecular weight is 721 g/mol. The summed E-state index contributed by atoms with van der Waals surface area (Å²) in [6.07, 6.45) is 0.688. The van der Waals surface area contributed by atoms with Gasteiger partial charge < -0.3 is 10.1 Å². The Labute approximate surface area is 288 Å². The normalized spacial score (nSPS) is 26.8. The lowest BCUT2D eigenvalue weighted by Gasteiger charge is -2.43. The van der Waals surface area contributed by atoms with Gasteiger partial charge in [-0.25, -0.2) is 17.9 Å². The van der Waals surface area contributed by atoms with Crippen molar-refractivity contribution in [2.24, 2.45) is 34.7 Å². The minimum absolute atomic E-state index is 0.0558. The van der Waals surface area contributed by atoms with E-state index in [1.165, 1.54) is 69.8 Å². The minimum Gasteiger partial charge on any atom is -0.497 e. The molecule has 7 unspecified atom stereocenters. The number of carbonyl (C=O) groups is 3. The molecule has 15 heteroatoms. The number of hydrogen-bond acceptors (Lipinski definition) is 9. The summed E-state index contributed by atoms with van der Waals surface area (Å²) in [5.74, 6) is -2.45. The SMILES string of the molecule is COc1ccc(C2c3sc(=O)n(CC(=O)Nc4ccc(S(N)(=O)=O)cc4)c3SC3C4CC(C5C(=O)N(c6ccc(F)cc6)C(=O)C45)C23)cc1. The van der Waals surface area contributed by atoms with Crippen molar-refractivity contribution in [1.82, 2.24) is 4.57 Å². The van der Waals surface area contributed by atoms with Gasteiger partial charge in [-0.15, -0.1) is 11.8 Å². The van der Waals surface area contributed by atoms with Gasteiger partial charge in [0, 0.05) is 21.7 Å². The molecule has 7 atom stereocenters. The fourth-order valence-corrected chi connectivity index (χ4v) is 12.0. The van der Waals surface area contributed by atoms with Crippen molar-refractivity contribution in [3.8, 4) is 5.75 Å². The number of amides is 3. The molecule has 252 valence electrons. The van der Waals surface area contributed by atoms with Crippen molar-refractivity contribution in [3.63, 3.8) is 0 Å². The monoisotopic (exact) mass is 720 g/mol.